The first-order valence-electron chi connectivity index (χ1n) is 5.69. The molecule has 3 nitrogen and oxygen atoms in total. The number of hydrogen-bond donors (Lipinski definition) is 2. The molecule has 0 saturated heterocycles. The average Bonchev–Trinajstić information content (AvgIpc) is 2.24. The zero-order chi connectivity index (χ0) is 12.9. The average molecular weight is 258 g/mol. The Morgan fingerprint density at radius 1 is 1.35 bits per heavy atom. The van der Waals surface area contributed by atoms with Crippen molar-refractivity contribution in [3.8, 4) is 5.75 Å². The van der Waals surface area contributed by atoms with Crippen LogP contribution >= 0.6 is 11.6 Å². The lowest BCUT2D eigenvalue weighted by Crippen LogP contribution is -2.35. The molecule has 0 aliphatic carbocycles. The summed E-state index contributed by atoms with van der Waals surface area (Å²) in [6.45, 7) is 7.30. The zero-order valence-corrected chi connectivity index (χ0v) is 11.3. The SMILES string of the molecule is CC(C)(C)NCc1cc(Cl)ccc1OCCO. The second-order valence-electron chi connectivity index (χ2n) is 4.93. The van der Waals surface area contributed by atoms with Crippen molar-refractivity contribution < 1.29 is 9.84 Å². The molecule has 0 radical (unpaired) electrons. The van der Waals surface area contributed by atoms with Crippen molar-refractivity contribution in [2.24, 2.45) is 0 Å². The van der Waals surface area contributed by atoms with Crippen molar-refractivity contribution >= 4 is 11.6 Å². The minimum absolute atomic E-state index is 0.00870. The summed E-state index contributed by atoms with van der Waals surface area (Å²) in [6, 6.07) is 5.50. The number of ether oxygens (including phenoxy) is 1. The van der Waals surface area contributed by atoms with E-state index in [2.05, 4.69) is 26.1 Å². The van der Waals surface area contributed by atoms with E-state index in [9.17, 15) is 0 Å². The fourth-order valence-corrected chi connectivity index (χ4v) is 1.54. The molecule has 0 amide bonds. The lowest BCUT2D eigenvalue weighted by Gasteiger charge is -2.21. The van der Waals surface area contributed by atoms with Crippen LogP contribution in [0, 0.1) is 0 Å². The standard InChI is InChI=1S/C13H20ClNO2/c1-13(2,3)15-9-10-8-11(14)4-5-12(10)17-7-6-16/h4-5,8,15-16H,6-7,9H2,1-3H3. The van der Waals surface area contributed by atoms with E-state index in [1.165, 1.54) is 0 Å². The number of benzene rings is 1. The maximum Gasteiger partial charge on any atom is 0.124 e. The molecule has 0 atom stereocenters. The predicted octanol–water partition coefficient (Wildman–Crippen LogP) is 2.60. The molecule has 0 unspecified atom stereocenters. The minimum atomic E-state index is 0.00870. The molecule has 96 valence electrons. The lowest BCUT2D eigenvalue weighted by atomic mass is 10.1. The highest BCUT2D eigenvalue weighted by atomic mass is 35.5. The Kier molecular flexibility index (Phi) is 5.25. The third kappa shape index (κ3) is 5.39. The summed E-state index contributed by atoms with van der Waals surface area (Å²) in [5.41, 5.74) is 1.04. The van der Waals surface area contributed by atoms with Gasteiger partial charge in [-0.2, -0.15) is 0 Å². The highest BCUT2D eigenvalue weighted by Gasteiger charge is 2.11. The van der Waals surface area contributed by atoms with Crippen molar-refractivity contribution in [2.45, 2.75) is 32.9 Å². The van der Waals surface area contributed by atoms with Gasteiger partial charge in [0.2, 0.25) is 0 Å². The number of aliphatic hydroxyl groups excluding tert-OH is 1. The van der Waals surface area contributed by atoms with E-state index in [4.69, 9.17) is 21.4 Å². The topological polar surface area (TPSA) is 41.5 Å². The second-order valence-corrected chi connectivity index (χ2v) is 5.36. The van der Waals surface area contributed by atoms with Crippen LogP contribution in [0.25, 0.3) is 0 Å². The van der Waals surface area contributed by atoms with Crippen LogP contribution in [0.2, 0.25) is 5.02 Å². The van der Waals surface area contributed by atoms with Gasteiger partial charge in [0.25, 0.3) is 0 Å². The smallest absolute Gasteiger partial charge is 0.124 e. The minimum Gasteiger partial charge on any atom is -0.491 e. The van der Waals surface area contributed by atoms with Crippen molar-refractivity contribution in [3.63, 3.8) is 0 Å². The summed E-state index contributed by atoms with van der Waals surface area (Å²) in [5, 5.41) is 12.8. The summed E-state index contributed by atoms with van der Waals surface area (Å²) in [7, 11) is 0. The van der Waals surface area contributed by atoms with Crippen molar-refractivity contribution in [1.82, 2.24) is 5.32 Å². The van der Waals surface area contributed by atoms with Crippen molar-refractivity contribution in [1.29, 1.82) is 0 Å². The van der Waals surface area contributed by atoms with Gasteiger partial charge in [0.15, 0.2) is 0 Å². The van der Waals surface area contributed by atoms with Gasteiger partial charge in [0, 0.05) is 22.7 Å². The van der Waals surface area contributed by atoms with E-state index in [1.54, 1.807) is 6.07 Å². The Labute approximate surface area is 108 Å². The second kappa shape index (κ2) is 6.24. The first kappa shape index (κ1) is 14.3. The maximum absolute atomic E-state index is 8.77. The summed E-state index contributed by atoms with van der Waals surface area (Å²) >= 11 is 5.97. The van der Waals surface area contributed by atoms with Crippen LogP contribution in [-0.2, 0) is 6.54 Å². The Hall–Kier alpha value is -0.770. The predicted molar refractivity (Wildman–Crippen MR) is 70.6 cm³/mol. The zero-order valence-electron chi connectivity index (χ0n) is 10.6. The lowest BCUT2D eigenvalue weighted by molar-refractivity contribution is 0.200. The maximum atomic E-state index is 8.77. The molecule has 1 aromatic carbocycles. The fraction of sp³-hybridized carbons (Fsp3) is 0.538. The van der Waals surface area contributed by atoms with Gasteiger partial charge < -0.3 is 15.2 Å². The van der Waals surface area contributed by atoms with Crippen LogP contribution in [-0.4, -0.2) is 23.9 Å². The van der Waals surface area contributed by atoms with E-state index < -0.39 is 0 Å². The Bertz CT molecular complexity index is 361. The molecule has 0 aliphatic rings. The van der Waals surface area contributed by atoms with Gasteiger partial charge in [-0.05, 0) is 39.0 Å². The Balaban J connectivity index is 2.76. The van der Waals surface area contributed by atoms with Gasteiger partial charge in [-0.3, -0.25) is 0 Å². The first-order valence-corrected chi connectivity index (χ1v) is 6.07. The molecule has 4 heteroatoms. The van der Waals surface area contributed by atoms with E-state index in [-0.39, 0.29) is 12.1 Å². The molecule has 0 bridgehead atoms. The molecule has 0 heterocycles. The Morgan fingerprint density at radius 2 is 2.06 bits per heavy atom. The normalized spacial score (nSPS) is 11.6. The molecule has 0 aromatic heterocycles. The molecule has 2 N–H and O–H groups in total. The number of aliphatic hydroxyl groups is 1. The molecule has 0 fully saturated rings. The van der Waals surface area contributed by atoms with E-state index >= 15 is 0 Å². The summed E-state index contributed by atoms with van der Waals surface area (Å²) in [4.78, 5) is 0. The Morgan fingerprint density at radius 3 is 2.65 bits per heavy atom. The third-order valence-electron chi connectivity index (χ3n) is 2.18. The van der Waals surface area contributed by atoms with Gasteiger partial charge in [-0.1, -0.05) is 11.6 Å². The molecular formula is C13H20ClNO2. The fourth-order valence-electron chi connectivity index (χ4n) is 1.34. The summed E-state index contributed by atoms with van der Waals surface area (Å²) in [6.07, 6.45) is 0. The summed E-state index contributed by atoms with van der Waals surface area (Å²) < 4.78 is 5.46. The molecule has 0 aliphatic heterocycles. The van der Waals surface area contributed by atoms with Crippen molar-refractivity contribution in [2.75, 3.05) is 13.2 Å². The van der Waals surface area contributed by atoms with Crippen LogP contribution in [0.1, 0.15) is 26.3 Å². The van der Waals surface area contributed by atoms with Gasteiger partial charge in [0.1, 0.15) is 12.4 Å². The molecule has 0 spiro atoms. The highest BCUT2D eigenvalue weighted by molar-refractivity contribution is 6.30. The number of rotatable bonds is 5. The quantitative estimate of drug-likeness (QED) is 0.852. The number of nitrogens with one attached hydrogen (secondary N) is 1. The van der Waals surface area contributed by atoms with E-state index in [0.29, 0.717) is 18.2 Å². The monoisotopic (exact) mass is 257 g/mol. The summed E-state index contributed by atoms with van der Waals surface area (Å²) in [5.74, 6) is 0.764. The third-order valence-corrected chi connectivity index (χ3v) is 2.42. The molecule has 17 heavy (non-hydrogen) atoms. The van der Waals surface area contributed by atoms with E-state index in [1.807, 2.05) is 12.1 Å². The molecule has 1 rings (SSSR count). The molecule has 1 aromatic rings. The number of hydrogen-bond acceptors (Lipinski definition) is 3. The van der Waals surface area contributed by atoms with Crippen LogP contribution in [0.3, 0.4) is 0 Å². The first-order chi connectivity index (χ1) is 7.92. The van der Waals surface area contributed by atoms with Crippen LogP contribution in [0.4, 0.5) is 0 Å². The number of halogens is 1. The largest absolute Gasteiger partial charge is 0.491 e. The van der Waals surface area contributed by atoms with Gasteiger partial charge in [0.05, 0.1) is 6.61 Å². The van der Waals surface area contributed by atoms with Crippen LogP contribution in [0.5, 0.6) is 5.75 Å². The van der Waals surface area contributed by atoms with Gasteiger partial charge >= 0.3 is 0 Å². The van der Waals surface area contributed by atoms with Gasteiger partial charge in [-0.25, -0.2) is 0 Å². The van der Waals surface area contributed by atoms with Crippen LogP contribution < -0.4 is 10.1 Å². The van der Waals surface area contributed by atoms with Crippen LogP contribution in [0.15, 0.2) is 18.2 Å². The van der Waals surface area contributed by atoms with E-state index in [0.717, 1.165) is 11.3 Å². The van der Waals surface area contributed by atoms with Crippen molar-refractivity contribution in [3.05, 3.63) is 28.8 Å². The molecule has 0 saturated carbocycles. The molecular weight excluding hydrogens is 238 g/mol. The van der Waals surface area contributed by atoms with Gasteiger partial charge in [-0.15, -0.1) is 0 Å². The highest BCUT2D eigenvalue weighted by Crippen LogP contribution is 2.23.